The Hall–Kier alpha value is -2.08. The number of nitrogens with one attached hydrogen (secondary N) is 2. The maximum atomic E-state index is 12.5. The van der Waals surface area contributed by atoms with Crippen LogP contribution in [0, 0.1) is 5.92 Å². The van der Waals surface area contributed by atoms with Crippen molar-refractivity contribution in [2.45, 2.75) is 46.1 Å². The molecule has 0 spiro atoms. The van der Waals surface area contributed by atoms with E-state index in [1.54, 1.807) is 19.9 Å². The second kappa shape index (κ2) is 8.15. The number of rotatable bonds is 7. The van der Waals surface area contributed by atoms with E-state index >= 15 is 0 Å². The number of anilines is 1. The molecule has 0 fully saturated rings. The van der Waals surface area contributed by atoms with Gasteiger partial charge in [0.25, 0.3) is 5.91 Å². The molecule has 1 aromatic carbocycles. The second-order valence-corrected chi connectivity index (χ2v) is 6.59. The number of carboxylic acid groups (broad SMARTS) is 1. The number of hydrogen-bond donors (Lipinski definition) is 3. The standard InChI is InChI=1S/C17H23ClN2O4/c1-5-8-17(4,16(23)24)20-15(22)12-9-11(6-7-13(12)18)19-14(21)10(2)3/h6-7,9-10H,5,8H2,1-4H3,(H,19,21)(H,20,22)(H,23,24). The van der Waals surface area contributed by atoms with Crippen molar-refractivity contribution in [1.82, 2.24) is 5.32 Å². The maximum absolute atomic E-state index is 12.5. The summed E-state index contributed by atoms with van der Waals surface area (Å²) in [4.78, 5) is 35.7. The zero-order valence-electron chi connectivity index (χ0n) is 14.3. The third-order valence-electron chi connectivity index (χ3n) is 3.61. The van der Waals surface area contributed by atoms with E-state index in [-0.39, 0.29) is 28.8 Å². The predicted molar refractivity (Wildman–Crippen MR) is 93.3 cm³/mol. The minimum atomic E-state index is -1.38. The van der Waals surface area contributed by atoms with Crippen molar-refractivity contribution in [1.29, 1.82) is 0 Å². The number of hydrogen-bond acceptors (Lipinski definition) is 3. The highest BCUT2D eigenvalue weighted by molar-refractivity contribution is 6.34. The Morgan fingerprint density at radius 3 is 2.42 bits per heavy atom. The van der Waals surface area contributed by atoms with Crippen molar-refractivity contribution in [3.8, 4) is 0 Å². The van der Waals surface area contributed by atoms with Gasteiger partial charge in [0.05, 0.1) is 10.6 Å². The van der Waals surface area contributed by atoms with Gasteiger partial charge in [-0.25, -0.2) is 4.79 Å². The van der Waals surface area contributed by atoms with Gasteiger partial charge in [0.1, 0.15) is 5.54 Å². The number of carboxylic acids is 1. The van der Waals surface area contributed by atoms with Crippen LogP contribution in [0.3, 0.4) is 0 Å². The highest BCUT2D eigenvalue weighted by atomic mass is 35.5. The summed E-state index contributed by atoms with van der Waals surface area (Å²) in [5.74, 6) is -2.11. The topological polar surface area (TPSA) is 95.5 Å². The molecule has 0 aliphatic carbocycles. The van der Waals surface area contributed by atoms with Crippen molar-refractivity contribution < 1.29 is 19.5 Å². The molecule has 3 N–H and O–H groups in total. The second-order valence-electron chi connectivity index (χ2n) is 6.18. The lowest BCUT2D eigenvalue weighted by molar-refractivity contribution is -0.144. The number of carbonyl (C=O) groups excluding carboxylic acids is 2. The van der Waals surface area contributed by atoms with E-state index in [4.69, 9.17) is 11.6 Å². The van der Waals surface area contributed by atoms with Gasteiger partial charge in [-0.3, -0.25) is 9.59 Å². The molecule has 1 unspecified atom stereocenters. The first-order valence-electron chi connectivity index (χ1n) is 7.77. The van der Waals surface area contributed by atoms with Crippen LogP contribution in [0.15, 0.2) is 18.2 Å². The van der Waals surface area contributed by atoms with E-state index < -0.39 is 17.4 Å². The van der Waals surface area contributed by atoms with Gasteiger partial charge in [0.2, 0.25) is 5.91 Å². The molecule has 0 bridgehead atoms. The summed E-state index contributed by atoms with van der Waals surface area (Å²) < 4.78 is 0. The van der Waals surface area contributed by atoms with Gasteiger partial charge in [0.15, 0.2) is 0 Å². The Kier molecular flexibility index (Phi) is 6.78. The molecular weight excluding hydrogens is 332 g/mol. The molecule has 0 aliphatic heterocycles. The molecule has 0 heterocycles. The van der Waals surface area contributed by atoms with Crippen LogP contribution in [-0.2, 0) is 9.59 Å². The lowest BCUT2D eigenvalue weighted by Crippen LogP contribution is -2.52. The van der Waals surface area contributed by atoms with Crippen LogP contribution in [0.2, 0.25) is 5.02 Å². The Bertz CT molecular complexity index is 645. The third-order valence-corrected chi connectivity index (χ3v) is 3.94. The first-order chi connectivity index (χ1) is 11.1. The lowest BCUT2D eigenvalue weighted by atomic mass is 9.95. The number of benzene rings is 1. The average Bonchev–Trinajstić information content (AvgIpc) is 2.48. The van der Waals surface area contributed by atoms with Crippen molar-refractivity contribution in [2.24, 2.45) is 5.92 Å². The van der Waals surface area contributed by atoms with E-state index in [9.17, 15) is 19.5 Å². The highest BCUT2D eigenvalue weighted by Crippen LogP contribution is 2.23. The summed E-state index contributed by atoms with van der Waals surface area (Å²) >= 11 is 6.05. The minimum absolute atomic E-state index is 0.113. The quantitative estimate of drug-likeness (QED) is 0.700. The molecule has 2 amide bonds. The zero-order chi connectivity index (χ0) is 18.5. The molecule has 0 saturated carbocycles. The Labute approximate surface area is 146 Å². The molecule has 1 rings (SSSR count). The molecule has 132 valence electrons. The lowest BCUT2D eigenvalue weighted by Gasteiger charge is -2.26. The minimum Gasteiger partial charge on any atom is -0.480 e. The van der Waals surface area contributed by atoms with E-state index in [1.165, 1.54) is 19.1 Å². The fourth-order valence-corrected chi connectivity index (χ4v) is 2.31. The average molecular weight is 355 g/mol. The number of aliphatic carboxylic acids is 1. The molecule has 0 aliphatic rings. The van der Waals surface area contributed by atoms with Crippen LogP contribution in [0.5, 0.6) is 0 Å². The van der Waals surface area contributed by atoms with Gasteiger partial charge in [-0.05, 0) is 31.5 Å². The zero-order valence-corrected chi connectivity index (χ0v) is 15.0. The van der Waals surface area contributed by atoms with Crippen LogP contribution in [0.25, 0.3) is 0 Å². The van der Waals surface area contributed by atoms with Crippen molar-refractivity contribution in [3.63, 3.8) is 0 Å². The molecule has 1 atom stereocenters. The third kappa shape index (κ3) is 4.96. The SMILES string of the molecule is CCCC(C)(NC(=O)c1cc(NC(=O)C(C)C)ccc1Cl)C(=O)O. The number of halogens is 1. The molecular formula is C17H23ClN2O4. The van der Waals surface area contributed by atoms with Crippen molar-refractivity contribution >= 4 is 35.1 Å². The maximum Gasteiger partial charge on any atom is 0.329 e. The predicted octanol–water partition coefficient (Wildman–Crippen LogP) is 3.31. The van der Waals surface area contributed by atoms with E-state index in [2.05, 4.69) is 10.6 Å². The molecule has 1 aromatic rings. The van der Waals surface area contributed by atoms with Gasteiger partial charge in [-0.1, -0.05) is 38.8 Å². The summed E-state index contributed by atoms with van der Waals surface area (Å²) in [7, 11) is 0. The summed E-state index contributed by atoms with van der Waals surface area (Å²) in [6.45, 7) is 6.79. The van der Waals surface area contributed by atoms with Gasteiger partial charge in [-0.15, -0.1) is 0 Å². The molecule has 0 radical (unpaired) electrons. The molecule has 24 heavy (non-hydrogen) atoms. The van der Waals surface area contributed by atoms with Gasteiger partial charge in [0, 0.05) is 11.6 Å². The number of amides is 2. The first-order valence-corrected chi connectivity index (χ1v) is 8.14. The summed E-state index contributed by atoms with van der Waals surface area (Å²) in [5.41, 5.74) is -0.843. The van der Waals surface area contributed by atoms with Crippen LogP contribution < -0.4 is 10.6 Å². The van der Waals surface area contributed by atoms with Gasteiger partial charge in [-0.2, -0.15) is 0 Å². The summed E-state index contributed by atoms with van der Waals surface area (Å²) in [6, 6.07) is 4.51. The highest BCUT2D eigenvalue weighted by Gasteiger charge is 2.34. The molecule has 7 heteroatoms. The Balaban J connectivity index is 3.05. The molecule has 0 aromatic heterocycles. The van der Waals surface area contributed by atoms with Gasteiger partial charge < -0.3 is 15.7 Å². The Morgan fingerprint density at radius 2 is 1.92 bits per heavy atom. The van der Waals surface area contributed by atoms with Crippen molar-refractivity contribution in [2.75, 3.05) is 5.32 Å². The largest absolute Gasteiger partial charge is 0.480 e. The fourth-order valence-electron chi connectivity index (χ4n) is 2.10. The summed E-state index contributed by atoms with van der Waals surface area (Å²) in [5, 5.41) is 14.7. The van der Waals surface area contributed by atoms with Crippen LogP contribution in [0.4, 0.5) is 5.69 Å². The van der Waals surface area contributed by atoms with Crippen LogP contribution in [0.1, 0.15) is 50.9 Å². The van der Waals surface area contributed by atoms with Crippen molar-refractivity contribution in [3.05, 3.63) is 28.8 Å². The smallest absolute Gasteiger partial charge is 0.329 e. The monoisotopic (exact) mass is 354 g/mol. The summed E-state index contributed by atoms with van der Waals surface area (Å²) in [6.07, 6.45) is 0.886. The van der Waals surface area contributed by atoms with E-state index in [1.807, 2.05) is 6.92 Å². The molecule has 0 saturated heterocycles. The first kappa shape index (κ1) is 20.0. The van der Waals surface area contributed by atoms with Crippen LogP contribution >= 0.6 is 11.6 Å². The Morgan fingerprint density at radius 1 is 1.29 bits per heavy atom. The van der Waals surface area contributed by atoms with Crippen LogP contribution in [-0.4, -0.2) is 28.4 Å². The van der Waals surface area contributed by atoms with Gasteiger partial charge >= 0.3 is 5.97 Å². The molecule has 6 nitrogen and oxygen atoms in total. The van der Waals surface area contributed by atoms with E-state index in [0.717, 1.165) is 0 Å². The number of carbonyl (C=O) groups is 3. The normalized spacial score (nSPS) is 13.2. The fraction of sp³-hybridized carbons (Fsp3) is 0.471. The van der Waals surface area contributed by atoms with E-state index in [0.29, 0.717) is 12.1 Å².